The molecule has 0 saturated carbocycles. The van der Waals surface area contributed by atoms with Crippen LogP contribution in [0.5, 0.6) is 5.75 Å². The van der Waals surface area contributed by atoms with Crippen LogP contribution in [0.25, 0.3) is 0 Å². The predicted octanol–water partition coefficient (Wildman–Crippen LogP) is 3.34. The molecule has 0 bridgehead atoms. The molecular weight excluding hydrogens is 312 g/mol. The minimum absolute atomic E-state index is 0.348. The number of pyridine rings is 1. The third-order valence-corrected chi connectivity index (χ3v) is 3.93. The average Bonchev–Trinajstić information content (AvgIpc) is 3.04. The van der Waals surface area contributed by atoms with Crippen molar-refractivity contribution in [3.63, 3.8) is 0 Å². The Morgan fingerprint density at radius 3 is 2.64 bits per heavy atom. The first-order chi connectivity index (χ1) is 12.2. The van der Waals surface area contributed by atoms with Gasteiger partial charge in [0.05, 0.1) is 12.7 Å². The lowest BCUT2D eigenvalue weighted by Crippen LogP contribution is -2.30. The zero-order valence-electron chi connectivity index (χ0n) is 14.7. The Balaban J connectivity index is 1.44. The predicted molar refractivity (Wildman–Crippen MR) is 98.3 cm³/mol. The molecule has 5 nitrogen and oxygen atoms in total. The van der Waals surface area contributed by atoms with Gasteiger partial charge in [0, 0.05) is 36.7 Å². The van der Waals surface area contributed by atoms with Crippen molar-refractivity contribution in [1.29, 1.82) is 0 Å². The molecule has 1 N–H and O–H groups in total. The highest BCUT2D eigenvalue weighted by atomic mass is 16.5. The van der Waals surface area contributed by atoms with Crippen LogP contribution in [0.1, 0.15) is 23.6 Å². The van der Waals surface area contributed by atoms with Crippen LogP contribution in [-0.4, -0.2) is 20.8 Å². The number of rotatable bonds is 8. The molecule has 0 aliphatic rings. The molecule has 1 atom stereocenters. The van der Waals surface area contributed by atoms with Crippen LogP contribution < -0.4 is 10.1 Å². The number of aromatic nitrogens is 3. The monoisotopic (exact) mass is 336 g/mol. The second-order valence-corrected chi connectivity index (χ2v) is 6.32. The van der Waals surface area contributed by atoms with E-state index in [0.717, 1.165) is 24.4 Å². The highest BCUT2D eigenvalue weighted by Crippen LogP contribution is 2.14. The Bertz CT molecular complexity index is 768. The number of nitrogens with one attached hydrogen (secondary N) is 1. The van der Waals surface area contributed by atoms with Crippen molar-refractivity contribution in [3.8, 4) is 5.75 Å². The Morgan fingerprint density at radius 2 is 1.96 bits per heavy atom. The van der Waals surface area contributed by atoms with Gasteiger partial charge in [-0.1, -0.05) is 18.2 Å². The third kappa shape index (κ3) is 5.43. The number of aryl methyl sites for hydroxylation is 1. The molecule has 2 aromatic heterocycles. The van der Waals surface area contributed by atoms with Crippen LogP contribution in [0.4, 0.5) is 0 Å². The van der Waals surface area contributed by atoms with E-state index in [9.17, 15) is 0 Å². The van der Waals surface area contributed by atoms with E-state index in [1.807, 2.05) is 41.3 Å². The van der Waals surface area contributed by atoms with Crippen molar-refractivity contribution in [2.75, 3.05) is 0 Å². The normalized spacial score (nSPS) is 12.1. The zero-order valence-corrected chi connectivity index (χ0v) is 14.7. The van der Waals surface area contributed by atoms with Crippen LogP contribution in [0, 0.1) is 6.92 Å². The van der Waals surface area contributed by atoms with Crippen LogP contribution >= 0.6 is 0 Å². The molecule has 3 aromatic rings. The molecule has 0 radical (unpaired) electrons. The van der Waals surface area contributed by atoms with E-state index in [0.29, 0.717) is 12.6 Å². The highest BCUT2D eigenvalue weighted by molar-refractivity contribution is 5.27. The Labute approximate surface area is 148 Å². The van der Waals surface area contributed by atoms with Gasteiger partial charge in [0.1, 0.15) is 12.4 Å². The van der Waals surface area contributed by atoms with Gasteiger partial charge in [0.25, 0.3) is 0 Å². The van der Waals surface area contributed by atoms with Crippen LogP contribution in [0.15, 0.2) is 61.2 Å². The zero-order chi connectivity index (χ0) is 17.5. The summed E-state index contributed by atoms with van der Waals surface area (Å²) in [6.45, 7) is 6.44. The van der Waals surface area contributed by atoms with E-state index < -0.39 is 0 Å². The van der Waals surface area contributed by atoms with E-state index in [4.69, 9.17) is 4.74 Å². The molecule has 0 fully saturated rings. The largest absolute Gasteiger partial charge is 0.489 e. The van der Waals surface area contributed by atoms with Crippen molar-refractivity contribution in [2.45, 2.75) is 39.6 Å². The Morgan fingerprint density at radius 1 is 1.12 bits per heavy atom. The van der Waals surface area contributed by atoms with Crippen molar-refractivity contribution in [3.05, 3.63) is 77.9 Å². The van der Waals surface area contributed by atoms with Crippen LogP contribution in [0.2, 0.25) is 0 Å². The maximum Gasteiger partial charge on any atom is 0.119 e. The van der Waals surface area contributed by atoms with Gasteiger partial charge >= 0.3 is 0 Å². The second kappa shape index (κ2) is 8.44. The lowest BCUT2D eigenvalue weighted by atomic mass is 10.2. The summed E-state index contributed by atoms with van der Waals surface area (Å²) < 4.78 is 7.76. The van der Waals surface area contributed by atoms with Crippen LogP contribution in [0.3, 0.4) is 0 Å². The molecule has 0 saturated heterocycles. The fraction of sp³-hybridized carbons (Fsp3) is 0.300. The van der Waals surface area contributed by atoms with Gasteiger partial charge in [-0.25, -0.2) is 0 Å². The van der Waals surface area contributed by atoms with Crippen molar-refractivity contribution < 1.29 is 4.74 Å². The molecule has 130 valence electrons. The van der Waals surface area contributed by atoms with E-state index in [1.165, 1.54) is 11.1 Å². The van der Waals surface area contributed by atoms with E-state index >= 15 is 0 Å². The molecule has 25 heavy (non-hydrogen) atoms. The maximum absolute atomic E-state index is 5.78. The molecular formula is C20H24N4O. The summed E-state index contributed by atoms with van der Waals surface area (Å²) in [5, 5.41) is 7.85. The Hall–Kier alpha value is -2.66. The molecule has 3 rings (SSSR count). The van der Waals surface area contributed by atoms with Crippen molar-refractivity contribution >= 4 is 0 Å². The van der Waals surface area contributed by atoms with Crippen LogP contribution in [-0.2, 0) is 19.7 Å². The molecule has 1 unspecified atom stereocenters. The van der Waals surface area contributed by atoms with Gasteiger partial charge < -0.3 is 10.1 Å². The smallest absolute Gasteiger partial charge is 0.119 e. The fourth-order valence-electron chi connectivity index (χ4n) is 2.56. The van der Waals surface area contributed by atoms with E-state index in [2.05, 4.69) is 47.6 Å². The first-order valence-electron chi connectivity index (χ1n) is 8.52. The second-order valence-electron chi connectivity index (χ2n) is 6.32. The third-order valence-electron chi connectivity index (χ3n) is 3.93. The molecule has 0 aliphatic heterocycles. The molecule has 2 heterocycles. The average molecular weight is 336 g/mol. The van der Waals surface area contributed by atoms with E-state index in [1.54, 1.807) is 6.20 Å². The lowest BCUT2D eigenvalue weighted by Gasteiger charge is -2.14. The first-order valence-corrected chi connectivity index (χ1v) is 8.52. The van der Waals surface area contributed by atoms with Gasteiger partial charge in [-0.15, -0.1) is 0 Å². The van der Waals surface area contributed by atoms with Gasteiger partial charge in [-0.05, 0) is 43.2 Å². The molecule has 0 spiro atoms. The first kappa shape index (κ1) is 17.2. The number of benzene rings is 1. The summed E-state index contributed by atoms with van der Waals surface area (Å²) in [5.74, 6) is 0.868. The summed E-state index contributed by atoms with van der Waals surface area (Å²) in [6.07, 6.45) is 7.53. The molecule has 5 heteroatoms. The van der Waals surface area contributed by atoms with E-state index in [-0.39, 0.29) is 0 Å². The number of hydrogen-bond donors (Lipinski definition) is 1. The standard InChI is InChI=1S/C20H24N4O/c1-16-10-23-24(13-16)14-17(2)22-12-18-5-7-20(8-6-18)25-15-19-4-3-9-21-11-19/h3-11,13,17,22H,12,14-15H2,1-2H3. The lowest BCUT2D eigenvalue weighted by molar-refractivity contribution is 0.305. The summed E-state index contributed by atoms with van der Waals surface area (Å²) in [5.41, 5.74) is 3.49. The van der Waals surface area contributed by atoms with Crippen molar-refractivity contribution in [1.82, 2.24) is 20.1 Å². The quantitative estimate of drug-likeness (QED) is 0.685. The van der Waals surface area contributed by atoms with Gasteiger partial charge in [-0.2, -0.15) is 5.10 Å². The summed E-state index contributed by atoms with van der Waals surface area (Å²) in [6, 6.07) is 12.5. The number of nitrogens with zero attached hydrogens (tertiary/aromatic N) is 3. The SMILES string of the molecule is Cc1cnn(CC(C)NCc2ccc(OCc3cccnc3)cc2)c1. The minimum Gasteiger partial charge on any atom is -0.489 e. The highest BCUT2D eigenvalue weighted by Gasteiger charge is 2.04. The number of ether oxygens (including phenoxy) is 1. The van der Waals surface area contributed by atoms with Gasteiger partial charge in [0.2, 0.25) is 0 Å². The molecule has 0 aliphatic carbocycles. The van der Waals surface area contributed by atoms with Gasteiger partial charge in [-0.3, -0.25) is 9.67 Å². The minimum atomic E-state index is 0.348. The summed E-state index contributed by atoms with van der Waals surface area (Å²) >= 11 is 0. The summed E-state index contributed by atoms with van der Waals surface area (Å²) in [7, 11) is 0. The molecule has 0 amide bonds. The molecule has 1 aromatic carbocycles. The summed E-state index contributed by atoms with van der Waals surface area (Å²) in [4.78, 5) is 4.09. The topological polar surface area (TPSA) is 52.0 Å². The van der Waals surface area contributed by atoms with Crippen molar-refractivity contribution in [2.24, 2.45) is 0 Å². The number of hydrogen-bond acceptors (Lipinski definition) is 4. The van der Waals surface area contributed by atoms with Gasteiger partial charge in [0.15, 0.2) is 0 Å². The Kier molecular flexibility index (Phi) is 5.80. The maximum atomic E-state index is 5.78. The fourth-order valence-corrected chi connectivity index (χ4v) is 2.56.